The van der Waals surface area contributed by atoms with Gasteiger partial charge in [0.2, 0.25) is 4.88 Å². The number of fused-ring (bicyclic) bond motifs is 1. The van der Waals surface area contributed by atoms with Crippen LogP contribution in [0.4, 0.5) is 11.4 Å². The molecule has 0 amide bonds. The Morgan fingerprint density at radius 2 is 2.47 bits per heavy atom. The topological polar surface area (TPSA) is 63.3 Å². The molecule has 0 aliphatic carbocycles. The van der Waals surface area contributed by atoms with Crippen LogP contribution in [0.15, 0.2) is 21.9 Å². The van der Waals surface area contributed by atoms with Gasteiger partial charge in [0, 0.05) is 11.6 Å². The maximum absolute atomic E-state index is 5.95. The number of hydrogen-bond acceptors (Lipinski definition) is 5. The Balaban J connectivity index is 2.18. The third-order valence-electron chi connectivity index (χ3n) is 2.21. The molecular formula is C9H9N4S2+. The summed E-state index contributed by atoms with van der Waals surface area (Å²) in [6.07, 6.45) is 3.53. The summed E-state index contributed by atoms with van der Waals surface area (Å²) in [5.74, 6) is 0. The van der Waals surface area contributed by atoms with Gasteiger partial charge in [0.25, 0.3) is 0 Å². The van der Waals surface area contributed by atoms with Gasteiger partial charge in [0.15, 0.2) is 5.38 Å². The molecule has 4 nitrogen and oxygen atoms in total. The lowest BCUT2D eigenvalue weighted by Crippen LogP contribution is -2.04. The van der Waals surface area contributed by atoms with Gasteiger partial charge in [0.05, 0.1) is 16.8 Å². The summed E-state index contributed by atoms with van der Waals surface area (Å²) in [5, 5.41) is 7.17. The van der Waals surface area contributed by atoms with Crippen LogP contribution in [0.25, 0.3) is 4.34 Å². The smallest absolute Gasteiger partial charge is 0.329 e. The predicted octanol–water partition coefficient (Wildman–Crippen LogP) is 2.42. The number of rotatable bonds is 1. The van der Waals surface area contributed by atoms with E-state index in [4.69, 9.17) is 5.73 Å². The Morgan fingerprint density at radius 1 is 1.53 bits per heavy atom. The summed E-state index contributed by atoms with van der Waals surface area (Å²) in [6, 6.07) is 0. The van der Waals surface area contributed by atoms with Gasteiger partial charge in [-0.25, -0.2) is 0 Å². The fourth-order valence-electron chi connectivity index (χ4n) is 1.55. The number of nitrogens with two attached hydrogens (primary N) is 1. The van der Waals surface area contributed by atoms with Gasteiger partial charge in [0.1, 0.15) is 17.9 Å². The van der Waals surface area contributed by atoms with E-state index in [-0.39, 0.29) is 10.5 Å². The Morgan fingerprint density at radius 3 is 3.27 bits per heavy atom. The van der Waals surface area contributed by atoms with Crippen LogP contribution in [0.5, 0.6) is 0 Å². The van der Waals surface area contributed by atoms with Crippen molar-refractivity contribution in [2.45, 2.75) is 6.54 Å². The van der Waals surface area contributed by atoms with Crippen LogP contribution in [0.2, 0.25) is 0 Å². The van der Waals surface area contributed by atoms with Crippen molar-refractivity contribution in [2.75, 3.05) is 11.1 Å². The second-order valence-corrected chi connectivity index (χ2v) is 6.06. The van der Waals surface area contributed by atoms with Gasteiger partial charge in [-0.1, -0.05) is 11.3 Å². The molecule has 0 saturated carbocycles. The molecule has 1 unspecified atom stereocenters. The molecule has 0 fully saturated rings. The second kappa shape index (κ2) is 3.32. The second-order valence-electron chi connectivity index (χ2n) is 3.12. The molecule has 2 aromatic heterocycles. The third-order valence-corrected chi connectivity index (χ3v) is 5.44. The van der Waals surface area contributed by atoms with Crippen LogP contribution in [0, 0.1) is 0 Å². The van der Waals surface area contributed by atoms with E-state index in [2.05, 4.69) is 20.7 Å². The lowest BCUT2D eigenvalue weighted by Gasteiger charge is -2.03. The van der Waals surface area contributed by atoms with E-state index in [0.717, 1.165) is 22.3 Å². The van der Waals surface area contributed by atoms with Crippen LogP contribution in [0.1, 0.15) is 4.88 Å². The molecule has 6 heteroatoms. The summed E-state index contributed by atoms with van der Waals surface area (Å²) in [5.41, 5.74) is 7.79. The van der Waals surface area contributed by atoms with Gasteiger partial charge in [-0.3, -0.25) is 4.99 Å². The first-order chi connectivity index (χ1) is 7.36. The van der Waals surface area contributed by atoms with E-state index >= 15 is 0 Å². The normalized spacial score (nSPS) is 14.8. The fraction of sp³-hybridized carbons (Fsp3) is 0.111. The molecule has 2 aromatic rings. The number of hydrogen-bond donors (Lipinski definition) is 2. The van der Waals surface area contributed by atoms with Crippen LogP contribution in [-0.2, 0) is 6.54 Å². The van der Waals surface area contributed by atoms with E-state index in [9.17, 15) is 0 Å². The number of nitrogen functional groups attached to an aromatic ring is 1. The van der Waals surface area contributed by atoms with Crippen molar-refractivity contribution in [1.29, 1.82) is 0 Å². The predicted molar refractivity (Wildman–Crippen MR) is 66.2 cm³/mol. The molecule has 0 bridgehead atoms. The molecule has 15 heavy (non-hydrogen) atoms. The van der Waals surface area contributed by atoms with Gasteiger partial charge >= 0.3 is 4.34 Å². The summed E-state index contributed by atoms with van der Waals surface area (Å²) >= 11 is 1.67. The number of anilines is 2. The maximum atomic E-state index is 5.95. The molecule has 1 aliphatic rings. The zero-order valence-corrected chi connectivity index (χ0v) is 9.44. The van der Waals surface area contributed by atoms with E-state index in [1.165, 1.54) is 4.88 Å². The minimum absolute atomic E-state index is 0.0824. The van der Waals surface area contributed by atoms with Gasteiger partial charge in [-0.15, -0.1) is 0 Å². The number of thiazole rings is 1. The van der Waals surface area contributed by atoms with Crippen molar-refractivity contribution in [3.8, 4) is 4.34 Å². The average Bonchev–Trinajstić information content (AvgIpc) is 2.87. The lowest BCUT2D eigenvalue weighted by atomic mass is 10.3. The summed E-state index contributed by atoms with van der Waals surface area (Å²) in [6.45, 7) is 0.724. The number of nitrogens with one attached hydrogen (secondary N) is 1. The first-order valence-electron chi connectivity index (χ1n) is 4.44. The van der Waals surface area contributed by atoms with Gasteiger partial charge < -0.3 is 11.1 Å². The number of nitrogens with zero attached hydrogens (tertiary/aromatic N) is 2. The zero-order chi connectivity index (χ0) is 10.3. The molecule has 0 saturated heterocycles. The van der Waals surface area contributed by atoms with Crippen molar-refractivity contribution >= 4 is 39.5 Å². The zero-order valence-electron chi connectivity index (χ0n) is 7.80. The highest BCUT2D eigenvalue weighted by atomic mass is 32.2. The molecule has 0 aromatic carbocycles. The first kappa shape index (κ1) is 8.87. The maximum Gasteiger partial charge on any atom is 0.329 e. The third kappa shape index (κ3) is 1.33. The van der Waals surface area contributed by atoms with Crippen molar-refractivity contribution in [1.82, 2.24) is 4.98 Å². The summed E-state index contributed by atoms with van der Waals surface area (Å²) in [7, 11) is -0.0824. The van der Waals surface area contributed by atoms with Crippen molar-refractivity contribution in [3.63, 3.8) is 0 Å². The van der Waals surface area contributed by atoms with Crippen LogP contribution in [0.3, 0.4) is 0 Å². The molecule has 76 valence electrons. The standard InChI is InChI=1S/C9H9N4S2/c10-6-4-15(9-12-1-2-14-9)7-3-11-5-13-8(6)7/h1-2,4-5H,3,10H2,(H,11,13)/q+1. The Kier molecular flexibility index (Phi) is 1.96. The number of aliphatic imine (C=N–C) groups is 1. The van der Waals surface area contributed by atoms with Crippen molar-refractivity contribution in [3.05, 3.63) is 21.8 Å². The van der Waals surface area contributed by atoms with E-state index < -0.39 is 0 Å². The fourth-order valence-corrected chi connectivity index (χ4v) is 4.55. The Labute approximate surface area is 93.5 Å². The highest BCUT2D eigenvalue weighted by Gasteiger charge is 2.28. The number of aromatic nitrogens is 1. The Bertz CT molecular complexity index is 512. The average molecular weight is 237 g/mol. The Hall–Kier alpha value is -1.40. The van der Waals surface area contributed by atoms with Crippen LogP contribution in [-0.4, -0.2) is 11.3 Å². The first-order valence-corrected chi connectivity index (χ1v) is 6.61. The molecule has 3 rings (SSSR count). The van der Waals surface area contributed by atoms with Crippen LogP contribution >= 0.6 is 21.8 Å². The highest BCUT2D eigenvalue weighted by molar-refractivity contribution is 7.48. The summed E-state index contributed by atoms with van der Waals surface area (Å²) < 4.78 is 1.11. The largest absolute Gasteiger partial charge is 0.393 e. The van der Waals surface area contributed by atoms with Crippen molar-refractivity contribution in [2.24, 2.45) is 4.99 Å². The minimum atomic E-state index is -0.0824. The minimum Gasteiger partial charge on any atom is -0.393 e. The molecule has 3 N–H and O–H groups in total. The molecule has 3 heterocycles. The quantitative estimate of drug-likeness (QED) is 0.749. The molecule has 1 aliphatic heterocycles. The van der Waals surface area contributed by atoms with Crippen LogP contribution < -0.4 is 11.1 Å². The van der Waals surface area contributed by atoms with E-state index in [1.807, 2.05) is 11.6 Å². The summed E-state index contributed by atoms with van der Waals surface area (Å²) in [4.78, 5) is 9.81. The van der Waals surface area contributed by atoms with E-state index in [1.54, 1.807) is 17.7 Å². The molecule has 0 spiro atoms. The SMILES string of the molecule is Nc1c[s+](-c2nccs2)c2c1NC=NC2. The molecular weight excluding hydrogens is 228 g/mol. The van der Waals surface area contributed by atoms with E-state index in [0.29, 0.717) is 0 Å². The van der Waals surface area contributed by atoms with Gasteiger partial charge in [-0.2, -0.15) is 4.98 Å². The lowest BCUT2D eigenvalue weighted by molar-refractivity contribution is 1.09. The number of thiophene rings is 1. The van der Waals surface area contributed by atoms with Gasteiger partial charge in [-0.05, 0) is 0 Å². The molecule has 0 radical (unpaired) electrons. The highest BCUT2D eigenvalue weighted by Crippen LogP contribution is 2.46. The van der Waals surface area contributed by atoms with Crippen molar-refractivity contribution < 1.29 is 0 Å². The molecule has 1 atom stereocenters. The monoisotopic (exact) mass is 237 g/mol.